The lowest BCUT2D eigenvalue weighted by Gasteiger charge is -2.00. The van der Waals surface area contributed by atoms with Crippen molar-refractivity contribution in [3.63, 3.8) is 0 Å². The Morgan fingerprint density at radius 2 is 2.00 bits per heavy atom. The second-order valence-electron chi connectivity index (χ2n) is 3.87. The van der Waals surface area contributed by atoms with Crippen LogP contribution < -0.4 is 5.32 Å². The highest BCUT2D eigenvalue weighted by Crippen LogP contribution is 2.27. The number of thiazole rings is 1. The number of thioether (sulfide) groups is 1. The molecule has 0 atom stereocenters. The maximum absolute atomic E-state index is 4.49. The largest absolute Gasteiger partial charge is 0.312 e. The maximum atomic E-state index is 4.49. The molecule has 1 aromatic carbocycles. The van der Waals surface area contributed by atoms with Gasteiger partial charge in [0.15, 0.2) is 0 Å². The highest BCUT2D eigenvalue weighted by Gasteiger charge is 2.04. The topological polar surface area (TPSA) is 24.9 Å². The number of rotatable bonds is 6. The average molecular weight is 278 g/mol. The normalized spacial score (nSPS) is 10.8. The first-order valence-electron chi connectivity index (χ1n) is 6.22. The van der Waals surface area contributed by atoms with Crippen LogP contribution in [-0.2, 0) is 6.54 Å². The maximum Gasteiger partial charge on any atom is 0.123 e. The Kier molecular flexibility index (Phi) is 5.23. The number of hydrogen-bond donors (Lipinski definition) is 1. The zero-order chi connectivity index (χ0) is 12.8. The third-order valence-electron chi connectivity index (χ3n) is 2.52. The van der Waals surface area contributed by atoms with Crippen molar-refractivity contribution >= 4 is 23.1 Å². The van der Waals surface area contributed by atoms with Crippen molar-refractivity contribution < 1.29 is 0 Å². The lowest BCUT2D eigenvalue weighted by molar-refractivity contribution is 0.734. The molecule has 18 heavy (non-hydrogen) atoms. The molecule has 0 saturated heterocycles. The van der Waals surface area contributed by atoms with E-state index in [4.69, 9.17) is 0 Å². The van der Waals surface area contributed by atoms with E-state index in [0.29, 0.717) is 0 Å². The molecule has 4 heteroatoms. The van der Waals surface area contributed by atoms with Gasteiger partial charge in [-0.2, -0.15) is 0 Å². The number of hydrogen-bond acceptors (Lipinski definition) is 4. The van der Waals surface area contributed by atoms with Crippen molar-refractivity contribution in [2.45, 2.75) is 25.3 Å². The molecule has 2 nitrogen and oxygen atoms in total. The van der Waals surface area contributed by atoms with Gasteiger partial charge in [0, 0.05) is 28.1 Å². The van der Waals surface area contributed by atoms with E-state index in [1.807, 2.05) is 18.0 Å². The van der Waals surface area contributed by atoms with Gasteiger partial charge in [-0.05, 0) is 24.4 Å². The fraction of sp³-hybridized carbons (Fsp3) is 0.357. The molecule has 1 N–H and O–H groups in total. The van der Waals surface area contributed by atoms with Crippen molar-refractivity contribution in [3.05, 3.63) is 35.3 Å². The van der Waals surface area contributed by atoms with E-state index in [1.54, 1.807) is 11.3 Å². The van der Waals surface area contributed by atoms with Gasteiger partial charge in [-0.25, -0.2) is 4.98 Å². The van der Waals surface area contributed by atoms with Crippen LogP contribution in [-0.4, -0.2) is 17.3 Å². The molecule has 0 amide bonds. The van der Waals surface area contributed by atoms with Crippen LogP contribution in [0.25, 0.3) is 10.6 Å². The molecule has 0 radical (unpaired) electrons. The minimum atomic E-state index is 0.915. The van der Waals surface area contributed by atoms with Crippen LogP contribution >= 0.6 is 23.1 Å². The first-order valence-corrected chi connectivity index (χ1v) is 8.02. The van der Waals surface area contributed by atoms with E-state index in [-0.39, 0.29) is 0 Å². The fourth-order valence-electron chi connectivity index (χ4n) is 1.63. The Labute approximate surface area is 117 Å². The van der Waals surface area contributed by atoms with Crippen molar-refractivity contribution in [3.8, 4) is 10.6 Å². The van der Waals surface area contributed by atoms with Gasteiger partial charge in [0.1, 0.15) is 5.01 Å². The van der Waals surface area contributed by atoms with Crippen LogP contribution in [0.5, 0.6) is 0 Å². The molecule has 0 fully saturated rings. The molecule has 2 rings (SSSR count). The third kappa shape index (κ3) is 3.57. The van der Waals surface area contributed by atoms with Crippen LogP contribution in [0, 0.1) is 0 Å². The van der Waals surface area contributed by atoms with Gasteiger partial charge in [0.2, 0.25) is 0 Å². The highest BCUT2D eigenvalue weighted by molar-refractivity contribution is 7.99. The van der Waals surface area contributed by atoms with Crippen LogP contribution in [0.15, 0.2) is 35.4 Å². The lowest BCUT2D eigenvalue weighted by atomic mass is 10.2. The molecule has 2 aromatic rings. The first-order chi connectivity index (χ1) is 8.83. The molecule has 0 aliphatic heterocycles. The molecule has 0 aliphatic rings. The summed E-state index contributed by atoms with van der Waals surface area (Å²) < 4.78 is 0. The van der Waals surface area contributed by atoms with Crippen molar-refractivity contribution in [1.29, 1.82) is 0 Å². The van der Waals surface area contributed by atoms with Gasteiger partial charge in [-0.15, -0.1) is 23.1 Å². The third-order valence-corrected chi connectivity index (χ3v) is 4.46. The summed E-state index contributed by atoms with van der Waals surface area (Å²) in [6.07, 6.45) is 1.97. The minimum absolute atomic E-state index is 0.915. The lowest BCUT2D eigenvalue weighted by Crippen LogP contribution is -2.10. The Balaban J connectivity index is 2.08. The molecule has 0 unspecified atom stereocenters. The summed E-state index contributed by atoms with van der Waals surface area (Å²) in [5.41, 5.74) is 1.21. The SMILES string of the molecule is CCNCc1cnc(-c2ccc(SCC)cc2)s1. The summed E-state index contributed by atoms with van der Waals surface area (Å²) >= 11 is 3.63. The second kappa shape index (κ2) is 6.92. The van der Waals surface area contributed by atoms with E-state index in [9.17, 15) is 0 Å². The Hall–Kier alpha value is -0.840. The summed E-state index contributed by atoms with van der Waals surface area (Å²) in [5, 5.41) is 4.43. The highest BCUT2D eigenvalue weighted by atomic mass is 32.2. The molecule has 0 saturated carbocycles. The van der Waals surface area contributed by atoms with Crippen LogP contribution in [0.1, 0.15) is 18.7 Å². The summed E-state index contributed by atoms with van der Waals surface area (Å²) in [7, 11) is 0. The van der Waals surface area contributed by atoms with Gasteiger partial charge in [0.25, 0.3) is 0 Å². The van der Waals surface area contributed by atoms with E-state index in [1.165, 1.54) is 15.3 Å². The first kappa shape index (κ1) is 13.6. The summed E-state index contributed by atoms with van der Waals surface area (Å²) in [6.45, 7) is 6.20. The minimum Gasteiger partial charge on any atom is -0.312 e. The second-order valence-corrected chi connectivity index (χ2v) is 6.32. The monoisotopic (exact) mass is 278 g/mol. The van der Waals surface area contributed by atoms with Crippen LogP contribution in [0.2, 0.25) is 0 Å². The van der Waals surface area contributed by atoms with Crippen molar-refractivity contribution in [2.24, 2.45) is 0 Å². The van der Waals surface area contributed by atoms with E-state index < -0.39 is 0 Å². The molecular weight excluding hydrogens is 260 g/mol. The van der Waals surface area contributed by atoms with E-state index in [0.717, 1.165) is 23.8 Å². The predicted octanol–water partition coefficient (Wildman–Crippen LogP) is 4.03. The average Bonchev–Trinajstić information content (AvgIpc) is 2.86. The number of nitrogens with one attached hydrogen (secondary N) is 1. The smallest absolute Gasteiger partial charge is 0.123 e. The van der Waals surface area contributed by atoms with Crippen LogP contribution in [0.4, 0.5) is 0 Å². The zero-order valence-electron chi connectivity index (χ0n) is 10.8. The molecule has 0 bridgehead atoms. The standard InChI is InChI=1S/C14H18N2S2/c1-3-15-9-13-10-16-14(18-13)11-5-7-12(8-6-11)17-4-2/h5-8,10,15H,3-4,9H2,1-2H3. The number of aromatic nitrogens is 1. The Morgan fingerprint density at radius 1 is 1.22 bits per heavy atom. The predicted molar refractivity (Wildman–Crippen MR) is 81.3 cm³/mol. The van der Waals surface area contributed by atoms with Gasteiger partial charge < -0.3 is 5.32 Å². The van der Waals surface area contributed by atoms with Crippen LogP contribution in [0.3, 0.4) is 0 Å². The summed E-state index contributed by atoms with van der Waals surface area (Å²) in [5.74, 6) is 1.11. The van der Waals surface area contributed by atoms with Gasteiger partial charge in [0.05, 0.1) is 0 Å². The molecule has 0 spiro atoms. The van der Waals surface area contributed by atoms with Gasteiger partial charge >= 0.3 is 0 Å². The Bertz CT molecular complexity index is 477. The molecule has 1 heterocycles. The molecule has 96 valence electrons. The number of benzene rings is 1. The van der Waals surface area contributed by atoms with Gasteiger partial charge in [-0.1, -0.05) is 26.0 Å². The van der Waals surface area contributed by atoms with Gasteiger partial charge in [-0.3, -0.25) is 0 Å². The number of nitrogens with zero attached hydrogens (tertiary/aromatic N) is 1. The van der Waals surface area contributed by atoms with Crippen molar-refractivity contribution in [1.82, 2.24) is 10.3 Å². The quantitative estimate of drug-likeness (QED) is 0.808. The Morgan fingerprint density at radius 3 is 2.67 bits per heavy atom. The molecule has 0 aliphatic carbocycles. The van der Waals surface area contributed by atoms with E-state index >= 15 is 0 Å². The van der Waals surface area contributed by atoms with Crippen molar-refractivity contribution in [2.75, 3.05) is 12.3 Å². The summed E-state index contributed by atoms with van der Waals surface area (Å²) in [4.78, 5) is 7.10. The molecule has 1 aromatic heterocycles. The van der Waals surface area contributed by atoms with E-state index in [2.05, 4.69) is 48.4 Å². The zero-order valence-corrected chi connectivity index (χ0v) is 12.4. The molecular formula is C14H18N2S2. The summed E-state index contributed by atoms with van der Waals surface area (Å²) in [6, 6.07) is 8.67. The fourth-order valence-corrected chi connectivity index (χ4v) is 3.18.